The molecule has 0 bridgehead atoms. The lowest BCUT2D eigenvalue weighted by molar-refractivity contribution is -0.139. The fourth-order valence-electron chi connectivity index (χ4n) is 2.68. The van der Waals surface area contributed by atoms with Crippen LogP contribution < -0.4 is 21.7 Å². The first-order chi connectivity index (χ1) is 15.3. The third kappa shape index (κ3) is 7.31. The number of aliphatic imine (C=N–C) groups is 1. The first kappa shape index (κ1) is 24.2. The number of amides is 1. The van der Waals surface area contributed by atoms with Gasteiger partial charge >= 0.3 is 12.1 Å². The Morgan fingerprint density at radius 2 is 2.09 bits per heavy atom. The molecule has 0 fully saturated rings. The van der Waals surface area contributed by atoms with E-state index in [9.17, 15) is 14.7 Å². The smallest absolute Gasteiger partial charge is 0.407 e. The van der Waals surface area contributed by atoms with Gasteiger partial charge < -0.3 is 36.1 Å². The number of ether oxygens (including phenoxy) is 1. The van der Waals surface area contributed by atoms with E-state index >= 15 is 0 Å². The molecule has 0 aliphatic rings. The van der Waals surface area contributed by atoms with Crippen LogP contribution in [-0.4, -0.2) is 75.9 Å². The van der Waals surface area contributed by atoms with Gasteiger partial charge in [-0.1, -0.05) is 11.8 Å². The number of nitrogens with one attached hydrogen (secondary N) is 1. The lowest BCUT2D eigenvalue weighted by Gasteiger charge is -2.13. The minimum absolute atomic E-state index is 0.0246. The summed E-state index contributed by atoms with van der Waals surface area (Å²) in [7, 11) is 3.75. The molecule has 13 heteroatoms. The summed E-state index contributed by atoms with van der Waals surface area (Å²) >= 11 is 0. The Bertz CT molecular complexity index is 1020. The van der Waals surface area contributed by atoms with Crippen molar-refractivity contribution in [3.05, 3.63) is 12.7 Å². The number of guanidine groups is 1. The zero-order valence-electron chi connectivity index (χ0n) is 18.0. The van der Waals surface area contributed by atoms with Gasteiger partial charge in [-0.3, -0.25) is 4.99 Å². The molecule has 172 valence electrons. The van der Waals surface area contributed by atoms with E-state index < -0.39 is 18.1 Å². The highest BCUT2D eigenvalue weighted by Crippen LogP contribution is 2.18. The average molecular weight is 445 g/mol. The topological polar surface area (TPSA) is 187 Å². The zero-order valence-corrected chi connectivity index (χ0v) is 18.0. The van der Waals surface area contributed by atoms with Gasteiger partial charge in [0.15, 0.2) is 22.9 Å². The highest BCUT2D eigenvalue weighted by atomic mass is 16.5. The molecular formula is C19H27N9O4. The van der Waals surface area contributed by atoms with E-state index in [1.807, 2.05) is 19.0 Å². The summed E-state index contributed by atoms with van der Waals surface area (Å²) in [4.78, 5) is 41.5. The Morgan fingerprint density at radius 1 is 1.31 bits per heavy atom. The first-order valence-electron chi connectivity index (χ1n) is 9.80. The van der Waals surface area contributed by atoms with Gasteiger partial charge in [-0.05, 0) is 12.8 Å². The third-order valence-corrected chi connectivity index (χ3v) is 4.18. The standard InChI is InChI=1S/C19H27N9O4/c1-27(2)15-14-16(24-11-23-15)28(12-25-14)9-4-3-5-10-32-19(31)26-13(17(29)30)7-6-8-22-18(20)21/h11-13H,5-10H2,1-2H3,(H,26,31)(H,29,30)(H4,20,21,22)/t13-/m1/s1. The second kappa shape index (κ2) is 11.9. The maximum Gasteiger partial charge on any atom is 0.407 e. The van der Waals surface area contributed by atoms with Crippen molar-refractivity contribution in [2.45, 2.75) is 31.8 Å². The van der Waals surface area contributed by atoms with Crippen LogP contribution in [0, 0.1) is 11.8 Å². The molecule has 0 aliphatic carbocycles. The summed E-state index contributed by atoms with van der Waals surface area (Å²) in [6, 6.07) is -1.09. The molecule has 0 saturated heterocycles. The number of aromatic nitrogens is 4. The number of imidazole rings is 1. The van der Waals surface area contributed by atoms with Crippen LogP contribution in [0.25, 0.3) is 11.2 Å². The molecule has 0 aromatic carbocycles. The van der Waals surface area contributed by atoms with Crippen molar-refractivity contribution in [2.24, 2.45) is 16.5 Å². The maximum absolute atomic E-state index is 11.8. The van der Waals surface area contributed by atoms with Gasteiger partial charge in [0, 0.05) is 27.1 Å². The van der Waals surface area contributed by atoms with E-state index in [1.165, 1.54) is 6.33 Å². The van der Waals surface area contributed by atoms with Crippen molar-refractivity contribution in [3.63, 3.8) is 0 Å². The lowest BCUT2D eigenvalue weighted by atomic mass is 10.1. The Balaban J connectivity index is 1.76. The molecule has 0 saturated carbocycles. The number of carboxylic acid groups (broad SMARTS) is 1. The van der Waals surface area contributed by atoms with Crippen molar-refractivity contribution in [1.29, 1.82) is 0 Å². The fraction of sp³-hybridized carbons (Fsp3) is 0.474. The predicted octanol–water partition coefficient (Wildman–Crippen LogP) is -0.481. The number of carboxylic acids is 1. The van der Waals surface area contributed by atoms with Crippen molar-refractivity contribution in [1.82, 2.24) is 24.8 Å². The van der Waals surface area contributed by atoms with Crippen LogP contribution in [0.3, 0.4) is 0 Å². The van der Waals surface area contributed by atoms with Crippen LogP contribution >= 0.6 is 0 Å². The van der Waals surface area contributed by atoms with E-state index in [2.05, 4.69) is 37.1 Å². The third-order valence-electron chi connectivity index (χ3n) is 4.18. The number of carbonyl (C=O) groups excluding carboxylic acids is 1. The quantitative estimate of drug-likeness (QED) is 0.161. The number of hydrogen-bond donors (Lipinski definition) is 4. The van der Waals surface area contributed by atoms with Gasteiger partial charge in [0.2, 0.25) is 0 Å². The number of alkyl carbamates (subject to hydrolysis) is 1. The van der Waals surface area contributed by atoms with E-state index in [1.54, 1.807) is 10.9 Å². The van der Waals surface area contributed by atoms with Crippen molar-refractivity contribution < 1.29 is 19.4 Å². The van der Waals surface area contributed by atoms with Gasteiger partial charge in [-0.25, -0.2) is 24.5 Å². The molecule has 0 spiro atoms. The highest BCUT2D eigenvalue weighted by molar-refractivity contribution is 5.83. The molecule has 2 rings (SSSR count). The molecule has 1 amide bonds. The van der Waals surface area contributed by atoms with Gasteiger partial charge in [-0.2, -0.15) is 0 Å². The summed E-state index contributed by atoms with van der Waals surface area (Å²) < 4.78 is 6.78. The van der Waals surface area contributed by atoms with E-state index in [0.29, 0.717) is 30.6 Å². The predicted molar refractivity (Wildman–Crippen MR) is 118 cm³/mol. The molecule has 2 heterocycles. The van der Waals surface area contributed by atoms with Crippen molar-refractivity contribution >= 4 is 35.0 Å². The van der Waals surface area contributed by atoms with E-state index in [-0.39, 0.29) is 25.5 Å². The largest absolute Gasteiger partial charge is 0.480 e. The number of rotatable bonds is 10. The van der Waals surface area contributed by atoms with Crippen molar-refractivity contribution in [3.8, 4) is 11.8 Å². The van der Waals surface area contributed by atoms with Crippen LogP contribution in [-0.2, 0) is 16.1 Å². The summed E-state index contributed by atoms with van der Waals surface area (Å²) in [5.41, 5.74) is 11.8. The SMILES string of the molecule is CN(C)c1ncnc2c1ncn2CC#CCCOC(=O)N[C@H](CCCN=C(N)N)C(=O)O. The van der Waals surface area contributed by atoms with Crippen LogP contribution in [0.5, 0.6) is 0 Å². The zero-order chi connectivity index (χ0) is 23.5. The minimum atomic E-state index is -1.17. The normalized spacial score (nSPS) is 11.2. The highest BCUT2D eigenvalue weighted by Gasteiger charge is 2.20. The van der Waals surface area contributed by atoms with Gasteiger partial charge in [0.05, 0.1) is 12.9 Å². The molecule has 0 aliphatic heterocycles. The van der Waals surface area contributed by atoms with Gasteiger partial charge in [-0.15, -0.1) is 0 Å². The summed E-state index contributed by atoms with van der Waals surface area (Å²) in [6.07, 6.45) is 3.14. The van der Waals surface area contributed by atoms with E-state index in [4.69, 9.17) is 16.2 Å². The Kier molecular flexibility index (Phi) is 9.03. The van der Waals surface area contributed by atoms with Gasteiger partial charge in [0.25, 0.3) is 0 Å². The fourth-order valence-corrected chi connectivity index (χ4v) is 2.68. The van der Waals surface area contributed by atoms with Crippen LogP contribution in [0.15, 0.2) is 17.6 Å². The number of aliphatic carboxylic acids is 1. The molecule has 1 atom stereocenters. The summed E-state index contributed by atoms with van der Waals surface area (Å²) in [6.45, 7) is 0.660. The van der Waals surface area contributed by atoms with Gasteiger partial charge in [0.1, 0.15) is 19.0 Å². The second-order valence-electron chi connectivity index (χ2n) is 6.86. The monoisotopic (exact) mass is 445 g/mol. The summed E-state index contributed by atoms with van der Waals surface area (Å²) in [5.74, 6) is 5.34. The molecule has 2 aromatic rings. The first-order valence-corrected chi connectivity index (χ1v) is 9.80. The Hall–Kier alpha value is -4.08. The van der Waals surface area contributed by atoms with Crippen LogP contribution in [0.2, 0.25) is 0 Å². The van der Waals surface area contributed by atoms with Crippen molar-refractivity contribution in [2.75, 3.05) is 32.1 Å². The van der Waals surface area contributed by atoms with Crippen LogP contribution in [0.1, 0.15) is 19.3 Å². The minimum Gasteiger partial charge on any atom is -0.480 e. The molecule has 2 aromatic heterocycles. The summed E-state index contributed by atoms with van der Waals surface area (Å²) in [5, 5.41) is 11.5. The lowest BCUT2D eigenvalue weighted by Crippen LogP contribution is -2.41. The molecule has 0 radical (unpaired) electrons. The molecule has 32 heavy (non-hydrogen) atoms. The molecular weight excluding hydrogens is 418 g/mol. The van der Waals surface area contributed by atoms with E-state index in [0.717, 1.165) is 5.82 Å². The molecule has 13 nitrogen and oxygen atoms in total. The number of hydrogen-bond acceptors (Lipinski definition) is 8. The van der Waals surface area contributed by atoms with Crippen LogP contribution in [0.4, 0.5) is 10.6 Å². The maximum atomic E-state index is 11.8. The second-order valence-corrected chi connectivity index (χ2v) is 6.86. The average Bonchev–Trinajstić information content (AvgIpc) is 3.15. The molecule has 6 N–H and O–H groups in total. The number of fused-ring (bicyclic) bond motifs is 1. The number of anilines is 1. The number of nitrogens with zero attached hydrogens (tertiary/aromatic N) is 6. The molecule has 0 unspecified atom stereocenters. The number of nitrogens with two attached hydrogens (primary N) is 2. The Labute approximate surface area is 184 Å². The number of carbonyl (C=O) groups is 2. The Morgan fingerprint density at radius 3 is 2.78 bits per heavy atom.